The molecule has 1 aliphatic rings. The zero-order chi connectivity index (χ0) is 18.9. The molecule has 1 aliphatic heterocycles. The Balaban J connectivity index is 1.24. The number of benzene rings is 2. The number of nitrogens with one attached hydrogen (secondary N) is 1. The molecule has 0 radical (unpaired) electrons. The molecule has 0 saturated carbocycles. The Morgan fingerprint density at radius 2 is 1.96 bits per heavy atom. The Hall–Kier alpha value is -2.38. The van der Waals surface area contributed by atoms with Gasteiger partial charge in [-0.3, -0.25) is 4.79 Å². The van der Waals surface area contributed by atoms with E-state index in [9.17, 15) is 4.79 Å². The van der Waals surface area contributed by atoms with E-state index in [0.29, 0.717) is 11.5 Å². The van der Waals surface area contributed by atoms with Gasteiger partial charge in [-0.05, 0) is 37.1 Å². The highest BCUT2D eigenvalue weighted by molar-refractivity contribution is 7.99. The number of carbonyl (C=O) groups excluding carboxylic acids is 1. The van der Waals surface area contributed by atoms with Gasteiger partial charge in [-0.25, -0.2) is 9.97 Å². The fraction of sp³-hybridized carbons (Fsp3) is 0.286. The SMILES string of the molecule is O=C(CSCc1nc2ccccc2[nH]1)N1CCC[C@H]1c1nc2ccccc2s1. The average Bonchev–Trinajstić information content (AvgIpc) is 3.43. The number of amides is 1. The zero-order valence-corrected chi connectivity index (χ0v) is 16.9. The van der Waals surface area contributed by atoms with Crippen molar-refractivity contribution in [1.29, 1.82) is 0 Å². The smallest absolute Gasteiger partial charge is 0.233 e. The van der Waals surface area contributed by atoms with E-state index in [2.05, 4.69) is 16.0 Å². The number of para-hydroxylation sites is 3. The van der Waals surface area contributed by atoms with Crippen LogP contribution in [0.5, 0.6) is 0 Å². The quantitative estimate of drug-likeness (QED) is 0.517. The number of fused-ring (bicyclic) bond motifs is 2. The fourth-order valence-corrected chi connectivity index (χ4v) is 5.63. The predicted octanol–water partition coefficient (Wildman–Crippen LogP) is 4.77. The number of thiazole rings is 1. The van der Waals surface area contributed by atoms with Crippen molar-refractivity contribution in [3.8, 4) is 0 Å². The van der Waals surface area contributed by atoms with Crippen LogP contribution in [0.15, 0.2) is 48.5 Å². The largest absolute Gasteiger partial charge is 0.341 e. The number of rotatable bonds is 5. The molecule has 0 aliphatic carbocycles. The van der Waals surface area contributed by atoms with E-state index in [4.69, 9.17) is 4.98 Å². The third-order valence-electron chi connectivity index (χ3n) is 5.07. The second kappa shape index (κ2) is 7.56. The number of H-pyrrole nitrogens is 1. The number of aromatic amines is 1. The zero-order valence-electron chi connectivity index (χ0n) is 15.3. The van der Waals surface area contributed by atoms with E-state index in [-0.39, 0.29) is 11.9 Å². The topological polar surface area (TPSA) is 61.9 Å². The standard InChI is InChI=1S/C21H20N4OS2/c26-20(13-27-12-19-22-14-6-1-2-7-15(14)23-19)25-11-5-9-17(25)21-24-16-8-3-4-10-18(16)28-21/h1-4,6-8,10,17H,5,9,11-13H2,(H,22,23)/t17-/m0/s1. The maximum atomic E-state index is 12.9. The molecular weight excluding hydrogens is 388 g/mol. The Morgan fingerprint density at radius 1 is 1.14 bits per heavy atom. The maximum Gasteiger partial charge on any atom is 0.233 e. The number of carbonyl (C=O) groups is 1. The van der Waals surface area contributed by atoms with Gasteiger partial charge in [0.15, 0.2) is 0 Å². The summed E-state index contributed by atoms with van der Waals surface area (Å²) >= 11 is 3.33. The van der Waals surface area contributed by atoms with Crippen LogP contribution in [0.2, 0.25) is 0 Å². The highest BCUT2D eigenvalue weighted by Gasteiger charge is 2.32. The van der Waals surface area contributed by atoms with Crippen LogP contribution < -0.4 is 0 Å². The van der Waals surface area contributed by atoms with Gasteiger partial charge in [0.25, 0.3) is 0 Å². The first kappa shape index (κ1) is 17.7. The number of thioether (sulfide) groups is 1. The van der Waals surface area contributed by atoms with Crippen molar-refractivity contribution in [3.05, 3.63) is 59.4 Å². The Bertz CT molecular complexity index is 1070. The average molecular weight is 409 g/mol. The fourth-order valence-electron chi connectivity index (χ4n) is 3.75. The molecule has 1 amide bonds. The van der Waals surface area contributed by atoms with E-state index in [0.717, 1.165) is 46.8 Å². The molecule has 1 N–H and O–H groups in total. The van der Waals surface area contributed by atoms with Crippen molar-refractivity contribution in [2.75, 3.05) is 12.3 Å². The Morgan fingerprint density at radius 3 is 2.82 bits per heavy atom. The molecule has 0 unspecified atom stereocenters. The normalized spacial score (nSPS) is 17.0. The van der Waals surface area contributed by atoms with Crippen LogP contribution in [-0.4, -0.2) is 38.1 Å². The minimum absolute atomic E-state index is 0.122. The number of imidazole rings is 1. The van der Waals surface area contributed by atoms with Crippen LogP contribution in [-0.2, 0) is 10.5 Å². The summed E-state index contributed by atoms with van der Waals surface area (Å²) in [6.45, 7) is 0.824. The lowest BCUT2D eigenvalue weighted by atomic mass is 10.2. The molecule has 1 atom stereocenters. The Kier molecular flexibility index (Phi) is 4.78. The van der Waals surface area contributed by atoms with Crippen molar-refractivity contribution in [1.82, 2.24) is 19.9 Å². The molecular formula is C21H20N4OS2. The van der Waals surface area contributed by atoms with Crippen molar-refractivity contribution in [3.63, 3.8) is 0 Å². The van der Waals surface area contributed by atoms with Gasteiger partial charge in [0.2, 0.25) is 5.91 Å². The van der Waals surface area contributed by atoms with Crippen LogP contribution >= 0.6 is 23.1 Å². The van der Waals surface area contributed by atoms with Gasteiger partial charge >= 0.3 is 0 Å². The molecule has 28 heavy (non-hydrogen) atoms. The number of likely N-dealkylation sites (tertiary alicyclic amines) is 1. The third-order valence-corrected chi connectivity index (χ3v) is 7.14. The summed E-state index contributed by atoms with van der Waals surface area (Å²) < 4.78 is 1.19. The molecule has 0 bridgehead atoms. The third kappa shape index (κ3) is 3.40. The summed E-state index contributed by atoms with van der Waals surface area (Å²) in [4.78, 5) is 27.6. The molecule has 142 valence electrons. The van der Waals surface area contributed by atoms with Crippen LogP contribution in [0.4, 0.5) is 0 Å². The Labute approximate surface area is 171 Å². The van der Waals surface area contributed by atoms with Gasteiger partial charge in [-0.15, -0.1) is 23.1 Å². The highest BCUT2D eigenvalue weighted by Crippen LogP contribution is 2.36. The van der Waals surface area contributed by atoms with Crippen molar-refractivity contribution in [2.45, 2.75) is 24.6 Å². The molecule has 3 heterocycles. The van der Waals surface area contributed by atoms with E-state index < -0.39 is 0 Å². The lowest BCUT2D eigenvalue weighted by Gasteiger charge is -2.22. The van der Waals surface area contributed by atoms with Gasteiger partial charge in [0.1, 0.15) is 10.8 Å². The molecule has 4 aromatic rings. The summed E-state index contributed by atoms with van der Waals surface area (Å²) in [6.07, 6.45) is 2.04. The summed E-state index contributed by atoms with van der Waals surface area (Å²) in [7, 11) is 0. The first-order valence-electron chi connectivity index (χ1n) is 9.44. The van der Waals surface area contributed by atoms with Crippen LogP contribution in [0.3, 0.4) is 0 Å². The molecule has 7 heteroatoms. The van der Waals surface area contributed by atoms with Crippen molar-refractivity contribution >= 4 is 50.3 Å². The van der Waals surface area contributed by atoms with Crippen molar-refractivity contribution in [2.24, 2.45) is 0 Å². The van der Waals surface area contributed by atoms with Gasteiger partial charge in [-0.2, -0.15) is 0 Å². The minimum Gasteiger partial charge on any atom is -0.341 e. The molecule has 5 nitrogen and oxygen atoms in total. The molecule has 0 spiro atoms. The first-order valence-corrected chi connectivity index (χ1v) is 11.4. The predicted molar refractivity (Wildman–Crippen MR) is 116 cm³/mol. The second-order valence-electron chi connectivity index (χ2n) is 6.96. The number of hydrogen-bond donors (Lipinski definition) is 1. The number of nitrogens with zero attached hydrogens (tertiary/aromatic N) is 3. The van der Waals surface area contributed by atoms with E-state index in [1.54, 1.807) is 23.1 Å². The van der Waals surface area contributed by atoms with Crippen LogP contribution in [0, 0.1) is 0 Å². The summed E-state index contributed by atoms with van der Waals surface area (Å²) in [5.74, 6) is 2.30. The van der Waals surface area contributed by atoms with Gasteiger partial charge in [-0.1, -0.05) is 24.3 Å². The molecule has 2 aromatic heterocycles. The minimum atomic E-state index is 0.122. The molecule has 1 fully saturated rings. The monoisotopic (exact) mass is 408 g/mol. The van der Waals surface area contributed by atoms with E-state index in [1.165, 1.54) is 4.70 Å². The van der Waals surface area contributed by atoms with Crippen LogP contribution in [0.25, 0.3) is 21.3 Å². The highest BCUT2D eigenvalue weighted by atomic mass is 32.2. The van der Waals surface area contributed by atoms with Crippen LogP contribution in [0.1, 0.15) is 29.7 Å². The summed E-state index contributed by atoms with van der Waals surface area (Å²) in [5, 5.41) is 1.06. The van der Waals surface area contributed by atoms with E-state index >= 15 is 0 Å². The molecule has 1 saturated heterocycles. The van der Waals surface area contributed by atoms with Crippen molar-refractivity contribution < 1.29 is 4.79 Å². The lowest BCUT2D eigenvalue weighted by molar-refractivity contribution is -0.129. The summed E-state index contributed by atoms with van der Waals surface area (Å²) in [6, 6.07) is 16.3. The maximum absolute atomic E-state index is 12.9. The summed E-state index contributed by atoms with van der Waals surface area (Å²) in [5.41, 5.74) is 3.04. The molecule has 5 rings (SSSR count). The first-order chi connectivity index (χ1) is 13.8. The number of aromatic nitrogens is 3. The van der Waals surface area contributed by atoms with E-state index in [1.807, 2.05) is 47.4 Å². The lowest BCUT2D eigenvalue weighted by Crippen LogP contribution is -2.32. The second-order valence-corrected chi connectivity index (χ2v) is 9.01. The molecule has 2 aromatic carbocycles. The van der Waals surface area contributed by atoms with Gasteiger partial charge in [0, 0.05) is 6.54 Å². The van der Waals surface area contributed by atoms with Gasteiger partial charge in [0.05, 0.1) is 38.8 Å². The number of hydrogen-bond acceptors (Lipinski definition) is 5. The van der Waals surface area contributed by atoms with Gasteiger partial charge < -0.3 is 9.88 Å².